The van der Waals surface area contributed by atoms with Crippen LogP contribution in [0.1, 0.15) is 38.1 Å². The number of ether oxygens (including phenoxy) is 1. The molecule has 1 amide bonds. The molecule has 4 N–H and O–H groups in total. The van der Waals surface area contributed by atoms with E-state index in [9.17, 15) is 24.6 Å². The average molecular weight is 615 g/mol. The van der Waals surface area contributed by atoms with E-state index in [1.165, 1.54) is 19.6 Å². The van der Waals surface area contributed by atoms with E-state index >= 15 is 0 Å². The molecule has 0 saturated carbocycles. The topological polar surface area (TPSA) is 128 Å². The number of rotatable bonds is 7. The van der Waals surface area contributed by atoms with Crippen LogP contribution in [-0.2, 0) is 16.0 Å². The number of nitrogens with one attached hydrogen (secondary N) is 2. The van der Waals surface area contributed by atoms with Crippen molar-refractivity contribution in [2.75, 3.05) is 26.2 Å². The number of aromatic hydroxyl groups is 1. The van der Waals surface area contributed by atoms with Gasteiger partial charge >= 0.3 is 11.9 Å². The number of esters is 1. The molecular weight excluding hydrogens is 580 g/mol. The maximum absolute atomic E-state index is 12.6. The average Bonchev–Trinajstić information content (AvgIpc) is 2.84. The van der Waals surface area contributed by atoms with E-state index in [0.29, 0.717) is 11.6 Å². The normalized spacial score (nSPS) is 15.4. The fourth-order valence-corrected chi connectivity index (χ4v) is 4.08. The number of likely N-dealkylation sites (N-methyl/N-ethyl adjacent to an activating group) is 1. The van der Waals surface area contributed by atoms with Gasteiger partial charge in [0.05, 0.1) is 10.6 Å². The van der Waals surface area contributed by atoms with Crippen LogP contribution < -0.4 is 15.4 Å². The Morgan fingerprint density at radius 1 is 1.24 bits per heavy atom. The molecule has 214 valence electrons. The van der Waals surface area contributed by atoms with Gasteiger partial charge in [-0.3, -0.25) is 9.59 Å². The molecule has 3 rings (SSSR count). The number of hydrogen-bond donors (Lipinski definition) is 4. The predicted molar refractivity (Wildman–Crippen MR) is 155 cm³/mol. The van der Waals surface area contributed by atoms with Crippen LogP contribution in [0.3, 0.4) is 0 Å². The molecule has 38 heavy (non-hydrogen) atoms. The number of carbonyl (C=O) groups is 3. The van der Waals surface area contributed by atoms with Crippen molar-refractivity contribution >= 4 is 65.9 Å². The molecule has 2 aromatic carbocycles. The smallest absolute Gasteiger partial charge is 0.326 e. The number of aliphatic carboxylic acids is 1. The Morgan fingerprint density at radius 2 is 1.87 bits per heavy atom. The van der Waals surface area contributed by atoms with Gasteiger partial charge < -0.3 is 30.5 Å². The Bertz CT molecular complexity index is 1080. The molecule has 1 unspecified atom stereocenters. The van der Waals surface area contributed by atoms with Crippen molar-refractivity contribution in [2.24, 2.45) is 0 Å². The molecule has 1 fully saturated rings. The van der Waals surface area contributed by atoms with E-state index in [-0.39, 0.29) is 43.2 Å². The summed E-state index contributed by atoms with van der Waals surface area (Å²) in [7, 11) is 0. The summed E-state index contributed by atoms with van der Waals surface area (Å²) in [6, 6.07) is 9.20. The van der Waals surface area contributed by atoms with Gasteiger partial charge in [-0.05, 0) is 25.1 Å². The van der Waals surface area contributed by atoms with Gasteiger partial charge in [0.2, 0.25) is 0 Å². The molecule has 0 bridgehead atoms. The Morgan fingerprint density at radius 3 is 2.37 bits per heavy atom. The van der Waals surface area contributed by atoms with Crippen molar-refractivity contribution in [2.45, 2.75) is 39.3 Å². The molecule has 0 aliphatic carbocycles. The first-order valence-corrected chi connectivity index (χ1v) is 12.2. The minimum absolute atomic E-state index is 0. The van der Waals surface area contributed by atoms with E-state index < -0.39 is 40.4 Å². The van der Waals surface area contributed by atoms with Crippen LogP contribution in [0.2, 0.25) is 10.0 Å². The molecule has 0 aromatic heterocycles. The van der Waals surface area contributed by atoms with Crippen LogP contribution in [-0.4, -0.2) is 71.2 Å². The largest absolute Gasteiger partial charge is 0.505 e. The summed E-state index contributed by atoms with van der Waals surface area (Å²) < 4.78 is 4.90. The summed E-state index contributed by atoms with van der Waals surface area (Å²) >= 11 is 11.7. The SMILES string of the molecule is CC(=O)Oc1c(C(=O)N[C@@H](Cc2ccccc2)C(=O)O)cc(Cl)c(O)c1Cl.CCN1CCNC(C)C1.Cl.Cl.[HH]. The van der Waals surface area contributed by atoms with E-state index in [1.54, 1.807) is 30.3 Å². The van der Waals surface area contributed by atoms with Crippen LogP contribution in [0.4, 0.5) is 0 Å². The lowest BCUT2D eigenvalue weighted by atomic mass is 10.1. The van der Waals surface area contributed by atoms with Crippen molar-refractivity contribution in [1.29, 1.82) is 0 Å². The van der Waals surface area contributed by atoms with Gasteiger partial charge in [0.25, 0.3) is 5.91 Å². The lowest BCUT2D eigenvalue weighted by molar-refractivity contribution is -0.139. The van der Waals surface area contributed by atoms with E-state index in [4.69, 9.17) is 27.9 Å². The summed E-state index contributed by atoms with van der Waals surface area (Å²) in [5.74, 6) is -3.89. The number of piperazine rings is 1. The molecule has 13 heteroatoms. The second kappa shape index (κ2) is 17.3. The van der Waals surface area contributed by atoms with Crippen molar-refractivity contribution in [3.05, 3.63) is 57.6 Å². The van der Waals surface area contributed by atoms with E-state index in [1.807, 2.05) is 0 Å². The number of benzene rings is 2. The highest BCUT2D eigenvalue weighted by atomic mass is 35.5. The van der Waals surface area contributed by atoms with Crippen molar-refractivity contribution < 1.29 is 30.8 Å². The third-order valence-electron chi connectivity index (χ3n) is 5.43. The lowest BCUT2D eigenvalue weighted by Gasteiger charge is -2.30. The minimum Gasteiger partial charge on any atom is -0.505 e. The molecule has 0 spiro atoms. The zero-order chi connectivity index (χ0) is 26.8. The summed E-state index contributed by atoms with van der Waals surface area (Å²) in [5.41, 5.74) is 0.421. The minimum atomic E-state index is -1.25. The number of hydrogen-bond acceptors (Lipinski definition) is 7. The quantitative estimate of drug-likeness (QED) is 0.266. The number of nitrogens with zero attached hydrogens (tertiary/aromatic N) is 1. The van der Waals surface area contributed by atoms with Gasteiger partial charge in [-0.1, -0.05) is 60.5 Å². The molecule has 0 radical (unpaired) electrons. The molecule has 1 heterocycles. The highest BCUT2D eigenvalue weighted by Gasteiger charge is 2.27. The predicted octanol–water partition coefficient (Wildman–Crippen LogP) is 4.44. The molecule has 2 aromatic rings. The van der Waals surface area contributed by atoms with Gasteiger partial charge in [0.15, 0.2) is 11.5 Å². The molecule has 1 saturated heterocycles. The number of carboxylic acids is 1. The number of phenolic OH excluding ortho intramolecular Hbond substituents is 1. The summed E-state index contributed by atoms with van der Waals surface area (Å²) in [6.07, 6.45) is 0.0321. The van der Waals surface area contributed by atoms with Crippen LogP contribution in [0.5, 0.6) is 11.5 Å². The van der Waals surface area contributed by atoms with Gasteiger partial charge in [0, 0.05) is 40.4 Å². The summed E-state index contributed by atoms with van der Waals surface area (Å²) in [5, 5.41) is 24.3. The van der Waals surface area contributed by atoms with Gasteiger partial charge in [0.1, 0.15) is 11.1 Å². The summed E-state index contributed by atoms with van der Waals surface area (Å²) in [6.45, 7) is 10.3. The van der Waals surface area contributed by atoms with Crippen LogP contribution in [0.15, 0.2) is 36.4 Å². The monoisotopic (exact) mass is 613 g/mol. The zero-order valence-corrected chi connectivity index (χ0v) is 24.3. The first-order valence-electron chi connectivity index (χ1n) is 11.5. The molecular formula is C25H35Cl4N3O6. The van der Waals surface area contributed by atoms with Crippen LogP contribution >= 0.6 is 48.0 Å². The van der Waals surface area contributed by atoms with E-state index in [2.05, 4.69) is 29.4 Å². The standard InChI is InChI=1S/C18H15Cl2NO6.C7H16N2.2ClH.H2/c1-9(22)27-16-11(8-12(19)15(23)14(16)20)17(24)21-13(18(25)26)7-10-5-3-2-4-6-10;1-3-9-5-4-8-7(2)6-9;;;/h2-6,8,13,23H,7H2,1H3,(H,21,24)(H,25,26);7-8H,3-6H2,1-2H3;3*1H/t13-;;;;/m0..../s1. The fraction of sp³-hybridized carbons (Fsp3) is 0.400. The number of carboxylic acid groups (broad SMARTS) is 1. The molecule has 1 aliphatic rings. The highest BCUT2D eigenvalue weighted by Crippen LogP contribution is 2.41. The molecule has 1 aliphatic heterocycles. The summed E-state index contributed by atoms with van der Waals surface area (Å²) in [4.78, 5) is 37.9. The van der Waals surface area contributed by atoms with Crippen molar-refractivity contribution in [1.82, 2.24) is 15.5 Å². The van der Waals surface area contributed by atoms with Crippen LogP contribution in [0.25, 0.3) is 0 Å². The highest BCUT2D eigenvalue weighted by molar-refractivity contribution is 6.39. The van der Waals surface area contributed by atoms with Crippen molar-refractivity contribution in [3.63, 3.8) is 0 Å². The first kappa shape index (κ1) is 35.7. The van der Waals surface area contributed by atoms with Gasteiger partial charge in [-0.25, -0.2) is 4.79 Å². The lowest BCUT2D eigenvalue weighted by Crippen LogP contribution is -2.48. The number of amides is 1. The van der Waals surface area contributed by atoms with Crippen molar-refractivity contribution in [3.8, 4) is 11.5 Å². The second-order valence-corrected chi connectivity index (χ2v) is 9.08. The zero-order valence-electron chi connectivity index (χ0n) is 21.2. The number of carbonyl (C=O) groups excluding carboxylic acids is 2. The van der Waals surface area contributed by atoms with Crippen LogP contribution in [0, 0.1) is 0 Å². The maximum Gasteiger partial charge on any atom is 0.326 e. The Hall–Kier alpha value is -2.27. The Kier molecular flexibility index (Phi) is 16.3. The van der Waals surface area contributed by atoms with E-state index in [0.717, 1.165) is 19.5 Å². The third-order valence-corrected chi connectivity index (χ3v) is 6.06. The first-order chi connectivity index (χ1) is 17.0. The third kappa shape index (κ3) is 10.8. The number of halogens is 4. The number of phenols is 1. The second-order valence-electron chi connectivity index (χ2n) is 8.29. The molecule has 2 atom stereocenters. The molecule has 9 nitrogen and oxygen atoms in total. The van der Waals surface area contributed by atoms with Gasteiger partial charge in [-0.2, -0.15) is 0 Å². The fourth-order valence-electron chi connectivity index (χ4n) is 3.59. The Balaban J connectivity index is 0. The Labute approximate surface area is 246 Å². The maximum atomic E-state index is 12.6. The van der Waals surface area contributed by atoms with Gasteiger partial charge in [-0.15, -0.1) is 24.8 Å².